The summed E-state index contributed by atoms with van der Waals surface area (Å²) in [6.07, 6.45) is -0.906. The van der Waals surface area contributed by atoms with Gasteiger partial charge in [-0.3, -0.25) is 0 Å². The van der Waals surface area contributed by atoms with Crippen LogP contribution in [-0.4, -0.2) is 49.7 Å². The van der Waals surface area contributed by atoms with Gasteiger partial charge in [0.1, 0.15) is 18.3 Å². The van der Waals surface area contributed by atoms with Crippen molar-refractivity contribution in [3.63, 3.8) is 0 Å². The molecule has 1 rings (SSSR count). The molecule has 0 spiro atoms. The van der Waals surface area contributed by atoms with Crippen LogP contribution in [0, 0.1) is 0 Å². The Morgan fingerprint density at radius 2 is 1.46 bits per heavy atom. The minimum Gasteiger partial charge on any atom is -0.388 e. The monoisotopic (exact) mass is 190 g/mol. The molecule has 0 aromatic heterocycles. The number of aliphatic hydroxyl groups is 1. The molecular formula is C8H18N2O3. The zero-order valence-electron chi connectivity index (χ0n) is 8.01. The van der Waals surface area contributed by atoms with E-state index in [2.05, 4.69) is 0 Å². The average Bonchev–Trinajstić information content (AvgIpc) is 2.04. The molecule has 0 aliphatic heterocycles. The summed E-state index contributed by atoms with van der Waals surface area (Å²) in [7, 11) is 3.05. The maximum atomic E-state index is 9.76. The summed E-state index contributed by atoms with van der Waals surface area (Å²) in [6, 6.07) is -0.442. The van der Waals surface area contributed by atoms with Gasteiger partial charge in [-0.2, -0.15) is 0 Å². The van der Waals surface area contributed by atoms with Gasteiger partial charge in [0.05, 0.1) is 0 Å². The van der Waals surface area contributed by atoms with E-state index in [1.807, 2.05) is 0 Å². The predicted molar refractivity (Wildman–Crippen MR) is 48.2 cm³/mol. The van der Waals surface area contributed by atoms with E-state index in [1.54, 1.807) is 0 Å². The molecule has 5 heteroatoms. The van der Waals surface area contributed by atoms with Crippen molar-refractivity contribution in [1.29, 1.82) is 0 Å². The van der Waals surface area contributed by atoms with Gasteiger partial charge in [-0.05, 0) is 6.42 Å². The first-order valence-corrected chi connectivity index (χ1v) is 4.36. The molecule has 0 saturated heterocycles. The van der Waals surface area contributed by atoms with Gasteiger partial charge >= 0.3 is 0 Å². The highest BCUT2D eigenvalue weighted by atomic mass is 16.5. The van der Waals surface area contributed by atoms with E-state index < -0.39 is 6.10 Å². The molecule has 0 bridgehead atoms. The molecule has 0 aromatic carbocycles. The third-order valence-electron chi connectivity index (χ3n) is 2.61. The Bertz CT molecular complexity index is 151. The number of aliphatic hydroxyl groups excluding tert-OH is 1. The summed E-state index contributed by atoms with van der Waals surface area (Å²) in [4.78, 5) is 0. The minimum absolute atomic E-state index is 0.221. The lowest BCUT2D eigenvalue weighted by Crippen LogP contribution is -2.62. The van der Waals surface area contributed by atoms with Crippen molar-refractivity contribution in [2.75, 3.05) is 14.2 Å². The van der Waals surface area contributed by atoms with E-state index in [4.69, 9.17) is 20.9 Å². The maximum absolute atomic E-state index is 9.76. The fraction of sp³-hybridized carbons (Fsp3) is 1.00. The highest BCUT2D eigenvalue weighted by Gasteiger charge is 2.41. The van der Waals surface area contributed by atoms with Crippen LogP contribution in [-0.2, 0) is 9.47 Å². The summed E-state index contributed by atoms with van der Waals surface area (Å²) in [5, 5.41) is 9.76. The van der Waals surface area contributed by atoms with E-state index in [0.29, 0.717) is 6.42 Å². The van der Waals surface area contributed by atoms with Crippen molar-refractivity contribution < 1.29 is 14.6 Å². The van der Waals surface area contributed by atoms with Gasteiger partial charge in [0.15, 0.2) is 0 Å². The topological polar surface area (TPSA) is 90.7 Å². The Kier molecular flexibility index (Phi) is 3.63. The molecule has 5 nitrogen and oxygen atoms in total. The van der Waals surface area contributed by atoms with Crippen molar-refractivity contribution in [3.8, 4) is 0 Å². The van der Waals surface area contributed by atoms with Crippen LogP contribution in [0.25, 0.3) is 0 Å². The third-order valence-corrected chi connectivity index (χ3v) is 2.61. The van der Waals surface area contributed by atoms with Crippen molar-refractivity contribution in [2.24, 2.45) is 11.5 Å². The van der Waals surface area contributed by atoms with Crippen molar-refractivity contribution in [1.82, 2.24) is 0 Å². The number of nitrogens with two attached hydrogens (primary N) is 2. The second-order valence-corrected chi connectivity index (χ2v) is 3.45. The minimum atomic E-state index is -0.742. The van der Waals surface area contributed by atoms with Gasteiger partial charge in [-0.15, -0.1) is 0 Å². The van der Waals surface area contributed by atoms with E-state index in [0.717, 1.165) is 0 Å². The van der Waals surface area contributed by atoms with Crippen LogP contribution in [0.3, 0.4) is 0 Å². The summed E-state index contributed by atoms with van der Waals surface area (Å²) in [5.74, 6) is 0. The lowest BCUT2D eigenvalue weighted by atomic mass is 9.84. The Labute approximate surface area is 78.0 Å². The average molecular weight is 190 g/mol. The summed E-state index contributed by atoms with van der Waals surface area (Å²) >= 11 is 0. The zero-order valence-corrected chi connectivity index (χ0v) is 8.01. The van der Waals surface area contributed by atoms with Crippen LogP contribution in [0.5, 0.6) is 0 Å². The van der Waals surface area contributed by atoms with Crippen LogP contribution >= 0.6 is 0 Å². The first kappa shape index (κ1) is 10.9. The van der Waals surface area contributed by atoms with E-state index in [9.17, 15) is 5.11 Å². The second-order valence-electron chi connectivity index (χ2n) is 3.45. The smallest absolute Gasteiger partial charge is 0.109 e. The predicted octanol–water partition coefficient (Wildman–Crippen LogP) is -1.56. The number of hydrogen-bond acceptors (Lipinski definition) is 5. The van der Waals surface area contributed by atoms with Crippen LogP contribution in [0.4, 0.5) is 0 Å². The van der Waals surface area contributed by atoms with Crippen LogP contribution in [0.2, 0.25) is 0 Å². The fourth-order valence-corrected chi connectivity index (χ4v) is 1.90. The lowest BCUT2D eigenvalue weighted by molar-refractivity contribution is -0.126. The fourth-order valence-electron chi connectivity index (χ4n) is 1.90. The highest BCUT2D eigenvalue weighted by Crippen LogP contribution is 2.21. The Hall–Kier alpha value is -0.200. The molecule has 4 unspecified atom stereocenters. The molecule has 1 aliphatic carbocycles. The van der Waals surface area contributed by atoms with Gasteiger partial charge in [0.25, 0.3) is 0 Å². The standard InChI is InChI=1S/C8H18N2O3/c1-12-7-4(9)3-5(10)8(13-2)6(7)11/h4-8,11H,3,9-10H2,1-2H3. The van der Waals surface area contributed by atoms with Gasteiger partial charge in [0, 0.05) is 26.3 Å². The van der Waals surface area contributed by atoms with Crippen molar-refractivity contribution in [2.45, 2.75) is 36.8 Å². The molecule has 0 amide bonds. The Balaban J connectivity index is 2.69. The lowest BCUT2D eigenvalue weighted by Gasteiger charge is -2.40. The van der Waals surface area contributed by atoms with Gasteiger partial charge in [-0.25, -0.2) is 0 Å². The highest BCUT2D eigenvalue weighted by molar-refractivity contribution is 4.98. The summed E-state index contributed by atoms with van der Waals surface area (Å²) in [5.41, 5.74) is 11.5. The first-order valence-electron chi connectivity index (χ1n) is 4.36. The summed E-state index contributed by atoms with van der Waals surface area (Å²) in [6.45, 7) is 0. The molecule has 78 valence electrons. The van der Waals surface area contributed by atoms with E-state index in [1.165, 1.54) is 14.2 Å². The number of ether oxygens (including phenoxy) is 2. The van der Waals surface area contributed by atoms with Crippen LogP contribution in [0.15, 0.2) is 0 Å². The molecule has 13 heavy (non-hydrogen) atoms. The molecule has 0 heterocycles. The van der Waals surface area contributed by atoms with Crippen molar-refractivity contribution >= 4 is 0 Å². The van der Waals surface area contributed by atoms with E-state index in [-0.39, 0.29) is 24.3 Å². The normalized spacial score (nSPS) is 46.4. The molecule has 1 aliphatic rings. The maximum Gasteiger partial charge on any atom is 0.109 e. The molecule has 1 fully saturated rings. The molecule has 0 radical (unpaired) electrons. The molecule has 5 N–H and O–H groups in total. The Morgan fingerprint density at radius 1 is 1.08 bits per heavy atom. The largest absolute Gasteiger partial charge is 0.388 e. The SMILES string of the molecule is COC1C(N)CC(N)C(OC)C1O. The number of rotatable bonds is 2. The Morgan fingerprint density at radius 3 is 1.77 bits per heavy atom. The van der Waals surface area contributed by atoms with Gasteiger partial charge in [0.2, 0.25) is 0 Å². The summed E-state index contributed by atoms with van der Waals surface area (Å²) < 4.78 is 10.2. The third kappa shape index (κ3) is 2.00. The second kappa shape index (κ2) is 4.34. The van der Waals surface area contributed by atoms with Gasteiger partial charge in [-0.1, -0.05) is 0 Å². The van der Waals surface area contributed by atoms with Crippen LogP contribution in [0.1, 0.15) is 6.42 Å². The van der Waals surface area contributed by atoms with Crippen LogP contribution < -0.4 is 11.5 Å². The quantitative estimate of drug-likeness (QED) is 0.489. The molecule has 4 atom stereocenters. The van der Waals surface area contributed by atoms with Gasteiger partial charge < -0.3 is 26.0 Å². The molecule has 1 saturated carbocycles. The molecule has 0 aromatic rings. The van der Waals surface area contributed by atoms with Crippen molar-refractivity contribution in [3.05, 3.63) is 0 Å². The van der Waals surface area contributed by atoms with E-state index >= 15 is 0 Å². The number of methoxy groups -OCH3 is 2. The first-order chi connectivity index (χ1) is 6.11. The number of hydrogen-bond donors (Lipinski definition) is 3. The zero-order chi connectivity index (χ0) is 10.0. The molecular weight excluding hydrogens is 172 g/mol.